The highest BCUT2D eigenvalue weighted by Crippen LogP contribution is 2.21. The van der Waals surface area contributed by atoms with Crippen LogP contribution in [0.4, 0.5) is 4.39 Å². The molecule has 1 atom stereocenters. The van der Waals surface area contributed by atoms with Crippen LogP contribution in [0.15, 0.2) is 30.3 Å². The first-order chi connectivity index (χ1) is 9.93. The van der Waals surface area contributed by atoms with E-state index in [1.165, 1.54) is 12.1 Å². The highest BCUT2D eigenvalue weighted by Gasteiger charge is 2.18. The Bertz CT molecular complexity index is 664. The molecule has 1 aromatic heterocycles. The molecule has 0 saturated carbocycles. The van der Waals surface area contributed by atoms with E-state index in [2.05, 4.69) is 5.32 Å². The maximum Gasteiger partial charge on any atom is 0.253 e. The number of carbonyl (C=O) groups is 1. The molecule has 1 unspecified atom stereocenters. The normalized spacial score (nSPS) is 12.2. The monoisotopic (exact) mass is 290 g/mol. The van der Waals surface area contributed by atoms with Gasteiger partial charge in [-0.05, 0) is 45.0 Å². The summed E-state index contributed by atoms with van der Waals surface area (Å²) in [6.07, 6.45) is 0. The van der Waals surface area contributed by atoms with Crippen LogP contribution in [0, 0.1) is 19.7 Å². The van der Waals surface area contributed by atoms with Gasteiger partial charge < -0.3 is 15.0 Å². The summed E-state index contributed by atoms with van der Waals surface area (Å²) in [6.45, 7) is 5.29. The SMILES string of the molecule is Cc1cc(C(=O)NC(C)CO)c(C)n1-c1cccc(F)c1. The predicted octanol–water partition coefficient (Wildman–Crippen LogP) is 2.34. The first kappa shape index (κ1) is 15.3. The summed E-state index contributed by atoms with van der Waals surface area (Å²) < 4.78 is 15.2. The number of carbonyl (C=O) groups excluding carboxylic acids is 1. The smallest absolute Gasteiger partial charge is 0.253 e. The van der Waals surface area contributed by atoms with E-state index in [4.69, 9.17) is 5.11 Å². The number of hydrogen-bond donors (Lipinski definition) is 2. The Balaban J connectivity index is 2.40. The van der Waals surface area contributed by atoms with Gasteiger partial charge in [-0.25, -0.2) is 4.39 Å². The Kier molecular flexibility index (Phi) is 4.43. The van der Waals surface area contributed by atoms with Gasteiger partial charge in [-0.2, -0.15) is 0 Å². The summed E-state index contributed by atoms with van der Waals surface area (Å²) in [5, 5.41) is 11.7. The van der Waals surface area contributed by atoms with E-state index in [1.54, 1.807) is 25.1 Å². The van der Waals surface area contributed by atoms with Crippen LogP contribution in [0.2, 0.25) is 0 Å². The fraction of sp³-hybridized carbons (Fsp3) is 0.312. The van der Waals surface area contributed by atoms with Crippen LogP contribution in [0.3, 0.4) is 0 Å². The van der Waals surface area contributed by atoms with Gasteiger partial charge in [0, 0.05) is 23.1 Å². The van der Waals surface area contributed by atoms with Gasteiger partial charge in [0.1, 0.15) is 5.82 Å². The standard InChI is InChI=1S/C16H19FN2O2/c1-10(9-20)18-16(21)15-7-11(2)19(12(15)3)14-6-4-5-13(17)8-14/h4-8,10,20H,9H2,1-3H3,(H,18,21). The van der Waals surface area contributed by atoms with Gasteiger partial charge in [0.15, 0.2) is 0 Å². The Morgan fingerprint density at radius 3 is 2.71 bits per heavy atom. The number of rotatable bonds is 4. The number of aliphatic hydroxyl groups is 1. The minimum absolute atomic E-state index is 0.117. The zero-order valence-electron chi connectivity index (χ0n) is 12.4. The first-order valence-corrected chi connectivity index (χ1v) is 6.80. The topological polar surface area (TPSA) is 54.3 Å². The molecule has 0 spiro atoms. The van der Waals surface area contributed by atoms with E-state index in [0.29, 0.717) is 11.3 Å². The minimum Gasteiger partial charge on any atom is -0.394 e. The second-order valence-corrected chi connectivity index (χ2v) is 5.16. The van der Waals surface area contributed by atoms with Crippen molar-refractivity contribution < 1.29 is 14.3 Å². The molecular weight excluding hydrogens is 271 g/mol. The van der Waals surface area contributed by atoms with Crippen molar-refractivity contribution in [3.05, 3.63) is 53.1 Å². The number of amides is 1. The van der Waals surface area contributed by atoms with Gasteiger partial charge in [-0.1, -0.05) is 6.07 Å². The number of aromatic nitrogens is 1. The second kappa shape index (κ2) is 6.10. The van der Waals surface area contributed by atoms with E-state index >= 15 is 0 Å². The van der Waals surface area contributed by atoms with E-state index in [0.717, 1.165) is 11.4 Å². The quantitative estimate of drug-likeness (QED) is 0.908. The van der Waals surface area contributed by atoms with E-state index < -0.39 is 0 Å². The molecule has 0 bridgehead atoms. The number of halogens is 1. The van der Waals surface area contributed by atoms with Crippen LogP contribution in [0.25, 0.3) is 5.69 Å². The summed E-state index contributed by atoms with van der Waals surface area (Å²) in [5.74, 6) is -0.563. The lowest BCUT2D eigenvalue weighted by molar-refractivity contribution is 0.0921. The van der Waals surface area contributed by atoms with Crippen molar-refractivity contribution in [3.63, 3.8) is 0 Å². The number of benzene rings is 1. The maximum absolute atomic E-state index is 13.4. The number of hydrogen-bond acceptors (Lipinski definition) is 2. The van der Waals surface area contributed by atoms with Gasteiger partial charge in [0.05, 0.1) is 12.2 Å². The molecule has 0 aliphatic rings. The van der Waals surface area contributed by atoms with Crippen LogP contribution >= 0.6 is 0 Å². The zero-order chi connectivity index (χ0) is 15.6. The van der Waals surface area contributed by atoms with Crippen molar-refractivity contribution in [2.45, 2.75) is 26.8 Å². The molecule has 4 nitrogen and oxygen atoms in total. The summed E-state index contributed by atoms with van der Waals surface area (Å²) in [5.41, 5.74) is 2.79. The van der Waals surface area contributed by atoms with Gasteiger partial charge in [0.25, 0.3) is 5.91 Å². The molecular formula is C16H19FN2O2. The molecule has 112 valence electrons. The van der Waals surface area contributed by atoms with Crippen LogP contribution in [-0.2, 0) is 0 Å². The summed E-state index contributed by atoms with van der Waals surface area (Å²) in [6, 6.07) is 7.69. The first-order valence-electron chi connectivity index (χ1n) is 6.80. The second-order valence-electron chi connectivity index (χ2n) is 5.16. The number of aliphatic hydroxyl groups excluding tert-OH is 1. The van der Waals surface area contributed by atoms with Gasteiger partial charge in [-0.3, -0.25) is 4.79 Å². The Hall–Kier alpha value is -2.14. The van der Waals surface area contributed by atoms with Gasteiger partial charge >= 0.3 is 0 Å². The average molecular weight is 290 g/mol. The highest BCUT2D eigenvalue weighted by atomic mass is 19.1. The largest absolute Gasteiger partial charge is 0.394 e. The fourth-order valence-corrected chi connectivity index (χ4v) is 2.35. The van der Waals surface area contributed by atoms with Crippen molar-refractivity contribution >= 4 is 5.91 Å². The minimum atomic E-state index is -0.320. The maximum atomic E-state index is 13.4. The molecule has 0 saturated heterocycles. The van der Waals surface area contributed by atoms with Crippen LogP contribution < -0.4 is 5.32 Å². The molecule has 0 aliphatic heterocycles. The average Bonchev–Trinajstić information content (AvgIpc) is 2.74. The molecule has 5 heteroatoms. The number of nitrogens with one attached hydrogen (secondary N) is 1. The van der Waals surface area contributed by atoms with Crippen LogP contribution in [-0.4, -0.2) is 28.2 Å². The number of aryl methyl sites for hydroxylation is 1. The molecule has 1 aromatic carbocycles. The third-order valence-corrected chi connectivity index (χ3v) is 3.39. The van der Waals surface area contributed by atoms with Crippen LogP contribution in [0.5, 0.6) is 0 Å². The van der Waals surface area contributed by atoms with E-state index in [1.807, 2.05) is 18.4 Å². The molecule has 0 fully saturated rings. The molecule has 1 amide bonds. The summed E-state index contributed by atoms with van der Waals surface area (Å²) in [7, 11) is 0. The Morgan fingerprint density at radius 1 is 1.38 bits per heavy atom. The van der Waals surface area contributed by atoms with Crippen molar-refractivity contribution in [2.75, 3.05) is 6.61 Å². The lowest BCUT2D eigenvalue weighted by Crippen LogP contribution is -2.35. The van der Waals surface area contributed by atoms with Crippen molar-refractivity contribution in [1.29, 1.82) is 0 Å². The van der Waals surface area contributed by atoms with E-state index in [-0.39, 0.29) is 24.4 Å². The molecule has 21 heavy (non-hydrogen) atoms. The third kappa shape index (κ3) is 3.13. The molecule has 0 aliphatic carbocycles. The van der Waals surface area contributed by atoms with Crippen molar-refractivity contribution in [2.24, 2.45) is 0 Å². The lowest BCUT2D eigenvalue weighted by atomic mass is 10.2. The predicted molar refractivity (Wildman–Crippen MR) is 79.2 cm³/mol. The zero-order valence-corrected chi connectivity index (χ0v) is 12.4. The summed E-state index contributed by atoms with van der Waals surface area (Å²) in [4.78, 5) is 12.2. The molecule has 2 rings (SSSR count). The molecule has 0 radical (unpaired) electrons. The molecule has 2 aromatic rings. The van der Waals surface area contributed by atoms with Crippen molar-refractivity contribution in [3.8, 4) is 5.69 Å². The number of nitrogens with zero attached hydrogens (tertiary/aromatic N) is 1. The van der Waals surface area contributed by atoms with Crippen molar-refractivity contribution in [1.82, 2.24) is 9.88 Å². The van der Waals surface area contributed by atoms with Gasteiger partial charge in [0.2, 0.25) is 0 Å². The fourth-order valence-electron chi connectivity index (χ4n) is 2.35. The summed E-state index contributed by atoms with van der Waals surface area (Å²) >= 11 is 0. The Morgan fingerprint density at radius 2 is 2.10 bits per heavy atom. The molecule has 2 N–H and O–H groups in total. The lowest BCUT2D eigenvalue weighted by Gasteiger charge is -2.12. The molecule has 1 heterocycles. The van der Waals surface area contributed by atoms with E-state index in [9.17, 15) is 9.18 Å². The highest BCUT2D eigenvalue weighted by molar-refractivity contribution is 5.96. The third-order valence-electron chi connectivity index (χ3n) is 3.39. The van der Waals surface area contributed by atoms with Crippen LogP contribution in [0.1, 0.15) is 28.7 Å². The van der Waals surface area contributed by atoms with Gasteiger partial charge in [-0.15, -0.1) is 0 Å². The Labute approximate surface area is 123 Å².